The van der Waals surface area contributed by atoms with E-state index in [2.05, 4.69) is 10.3 Å². The van der Waals surface area contributed by atoms with E-state index < -0.39 is 46.6 Å². The van der Waals surface area contributed by atoms with Crippen molar-refractivity contribution in [1.29, 1.82) is 0 Å². The predicted octanol–water partition coefficient (Wildman–Crippen LogP) is 8.77. The highest BCUT2D eigenvalue weighted by Crippen LogP contribution is 2.45. The lowest BCUT2D eigenvalue weighted by atomic mass is 9.90. The molecule has 1 atom stereocenters. The van der Waals surface area contributed by atoms with Crippen molar-refractivity contribution in [3.8, 4) is 34.3 Å². The van der Waals surface area contributed by atoms with Gasteiger partial charge in [-0.2, -0.15) is 13.2 Å². The summed E-state index contributed by atoms with van der Waals surface area (Å²) in [6.07, 6.45) is -2.34. The number of imide groups is 1. The van der Waals surface area contributed by atoms with Crippen molar-refractivity contribution < 1.29 is 60.4 Å². The first-order valence-corrected chi connectivity index (χ1v) is 18.9. The average Bonchev–Trinajstić information content (AvgIpc) is 3.66. The maximum absolute atomic E-state index is 14.7. The number of ether oxygens (including phenoxy) is 6. The second kappa shape index (κ2) is 18.7. The molecular weight excluding hydrogens is 790 g/mol. The van der Waals surface area contributed by atoms with Gasteiger partial charge in [0, 0.05) is 30.6 Å². The maximum Gasteiger partial charge on any atom is 0.418 e. The number of aromatic nitrogens is 2. The molecule has 6 rings (SSSR count). The number of carbonyl (C=O) groups excluding carboxylic acids is 3. The van der Waals surface area contributed by atoms with E-state index in [9.17, 15) is 31.9 Å². The van der Waals surface area contributed by atoms with Gasteiger partial charge >= 0.3 is 12.3 Å². The third kappa shape index (κ3) is 11.2. The van der Waals surface area contributed by atoms with Crippen molar-refractivity contribution in [3.63, 3.8) is 0 Å². The van der Waals surface area contributed by atoms with Crippen LogP contribution in [0.15, 0.2) is 91.4 Å². The van der Waals surface area contributed by atoms with Gasteiger partial charge in [0.15, 0.2) is 11.6 Å². The van der Waals surface area contributed by atoms with E-state index in [1.165, 1.54) is 31.5 Å². The van der Waals surface area contributed by atoms with Crippen molar-refractivity contribution in [2.75, 3.05) is 20.3 Å². The molecule has 0 saturated carbocycles. The third-order valence-electron chi connectivity index (χ3n) is 9.19. The molecule has 3 heterocycles. The number of nitrogens with zero attached hydrogens (tertiary/aromatic N) is 2. The fourth-order valence-electron chi connectivity index (χ4n) is 6.23. The number of benzene rings is 3. The van der Waals surface area contributed by atoms with Gasteiger partial charge in [0.25, 0.3) is 0 Å². The van der Waals surface area contributed by atoms with Crippen LogP contribution in [-0.2, 0) is 45.1 Å². The number of nitrogens with one attached hydrogen (secondary N) is 1. The minimum absolute atomic E-state index is 0.00113. The summed E-state index contributed by atoms with van der Waals surface area (Å²) in [5.74, 6) is -1.55. The summed E-state index contributed by atoms with van der Waals surface area (Å²) in [6.45, 7) is 5.11. The Bertz CT molecular complexity index is 2300. The van der Waals surface area contributed by atoms with Crippen LogP contribution < -0.4 is 24.3 Å². The first-order valence-electron chi connectivity index (χ1n) is 18.9. The number of methoxy groups -OCH3 is 1. The number of rotatable bonds is 15. The summed E-state index contributed by atoms with van der Waals surface area (Å²) < 4.78 is 93.2. The van der Waals surface area contributed by atoms with E-state index in [-0.39, 0.29) is 68.3 Å². The minimum Gasteiger partial charge on any atom is -0.497 e. The molecule has 3 aromatic carbocycles. The zero-order valence-corrected chi connectivity index (χ0v) is 33.3. The monoisotopic (exact) mass is 833 g/mol. The van der Waals surface area contributed by atoms with Gasteiger partial charge in [-0.25, -0.2) is 14.2 Å². The van der Waals surface area contributed by atoms with Crippen LogP contribution in [0, 0.1) is 5.82 Å². The lowest BCUT2D eigenvalue weighted by Gasteiger charge is -2.21. The maximum atomic E-state index is 14.7. The Kier molecular flexibility index (Phi) is 13.4. The highest BCUT2D eigenvalue weighted by Gasteiger charge is 2.38. The molecule has 5 aromatic rings. The van der Waals surface area contributed by atoms with E-state index >= 15 is 0 Å². The second-order valence-corrected chi connectivity index (χ2v) is 14.8. The summed E-state index contributed by atoms with van der Waals surface area (Å²) >= 11 is 0. The van der Waals surface area contributed by atoms with Crippen LogP contribution in [-0.4, -0.2) is 53.4 Å². The first-order chi connectivity index (χ1) is 28.6. The number of hydrogen-bond acceptors (Lipinski definition) is 10. The quantitative estimate of drug-likeness (QED) is 0.0620. The van der Waals surface area contributed by atoms with Crippen molar-refractivity contribution >= 4 is 17.9 Å². The standard InChI is InChI=1S/C44H43F4N3O9/c1-43(2,3)60-42(54)51-22-33(34(23-51)44(46,47)48)39-37(58-25-29-9-12-31(55-4)13-10-29)17-18-49-41(39)59-26-28-7-5-27(6-8-28)24-56-19-20-57-36-15-11-30(21-35(36)45)32-14-16-38(52)50-40(32)53/h5-13,15,17-18,21-23,32H,14,16,19-20,24-26H2,1-4H3,(H,50,52,53). The van der Waals surface area contributed by atoms with Gasteiger partial charge in [-0.15, -0.1) is 0 Å². The average molecular weight is 834 g/mol. The van der Waals surface area contributed by atoms with Crippen molar-refractivity contribution in [3.05, 3.63) is 125 Å². The number of carbonyl (C=O) groups is 3. The third-order valence-corrected chi connectivity index (χ3v) is 9.19. The van der Waals surface area contributed by atoms with Crippen LogP contribution in [0.3, 0.4) is 0 Å². The number of pyridine rings is 1. The van der Waals surface area contributed by atoms with Crippen LogP contribution in [0.2, 0.25) is 0 Å². The molecule has 0 aliphatic carbocycles. The van der Waals surface area contributed by atoms with Gasteiger partial charge in [-0.05, 0) is 79.8 Å². The summed E-state index contributed by atoms with van der Waals surface area (Å²) in [7, 11) is 1.53. The van der Waals surface area contributed by atoms with Crippen LogP contribution in [0.5, 0.6) is 23.1 Å². The van der Waals surface area contributed by atoms with Crippen LogP contribution in [0.1, 0.15) is 67.3 Å². The molecule has 0 bridgehead atoms. The van der Waals surface area contributed by atoms with E-state index in [1.54, 1.807) is 75.4 Å². The van der Waals surface area contributed by atoms with Crippen molar-refractivity contribution in [2.45, 2.75) is 71.1 Å². The van der Waals surface area contributed by atoms with E-state index in [1.807, 2.05) is 0 Å². The molecule has 2 amide bonds. The Hall–Kier alpha value is -6.42. The number of halogens is 4. The second-order valence-electron chi connectivity index (χ2n) is 14.8. The summed E-state index contributed by atoms with van der Waals surface area (Å²) in [4.78, 5) is 40.8. The fraction of sp³-hybridized carbons (Fsp3) is 0.318. The number of hydrogen-bond donors (Lipinski definition) is 1. The SMILES string of the molecule is COc1ccc(COc2ccnc(OCc3ccc(COCCOc4ccc(C5CCC(=O)NC5=O)cc4F)cc3)c2-c2cn(C(=O)OC(C)(C)C)cc2C(F)(F)F)cc1. The smallest absolute Gasteiger partial charge is 0.418 e. The topological polar surface area (TPSA) is 136 Å². The largest absolute Gasteiger partial charge is 0.497 e. The van der Waals surface area contributed by atoms with Gasteiger partial charge in [-0.1, -0.05) is 42.5 Å². The normalized spacial score (nSPS) is 14.4. The molecule has 316 valence electrons. The Morgan fingerprint density at radius 3 is 2.13 bits per heavy atom. The number of amides is 2. The van der Waals surface area contributed by atoms with E-state index in [0.717, 1.165) is 16.3 Å². The van der Waals surface area contributed by atoms with Crippen molar-refractivity contribution in [2.24, 2.45) is 0 Å². The van der Waals surface area contributed by atoms with Crippen LogP contribution >= 0.6 is 0 Å². The lowest BCUT2D eigenvalue weighted by Crippen LogP contribution is -2.39. The highest BCUT2D eigenvalue weighted by molar-refractivity contribution is 6.00. The van der Waals surface area contributed by atoms with Gasteiger partial charge in [0.2, 0.25) is 17.7 Å². The molecule has 1 unspecified atom stereocenters. The summed E-state index contributed by atoms with van der Waals surface area (Å²) in [5, 5.41) is 2.27. The molecule has 0 spiro atoms. The Morgan fingerprint density at radius 1 is 0.833 bits per heavy atom. The molecule has 60 heavy (non-hydrogen) atoms. The molecule has 12 nitrogen and oxygen atoms in total. The number of piperidine rings is 1. The first kappa shape index (κ1) is 43.2. The predicted molar refractivity (Wildman–Crippen MR) is 209 cm³/mol. The highest BCUT2D eigenvalue weighted by atomic mass is 19.4. The molecule has 1 saturated heterocycles. The van der Waals surface area contributed by atoms with Gasteiger partial charge in [0.05, 0.1) is 37.4 Å². The molecule has 2 aromatic heterocycles. The lowest BCUT2D eigenvalue weighted by molar-refractivity contribution is -0.137. The Labute approximate surface area is 343 Å². The molecule has 1 fully saturated rings. The fourth-order valence-corrected chi connectivity index (χ4v) is 6.23. The molecule has 16 heteroatoms. The van der Waals surface area contributed by atoms with E-state index in [0.29, 0.717) is 35.1 Å². The van der Waals surface area contributed by atoms with Gasteiger partial charge < -0.3 is 28.4 Å². The van der Waals surface area contributed by atoms with E-state index in [4.69, 9.17) is 28.4 Å². The summed E-state index contributed by atoms with van der Waals surface area (Å²) in [5.41, 5.74) is 0.0316. The minimum atomic E-state index is -4.88. The molecular formula is C44H43F4N3O9. The summed E-state index contributed by atoms with van der Waals surface area (Å²) in [6, 6.07) is 19.8. The van der Waals surface area contributed by atoms with Crippen molar-refractivity contribution in [1.82, 2.24) is 14.9 Å². The zero-order chi connectivity index (χ0) is 43.0. The van der Waals surface area contributed by atoms with Crippen LogP contribution in [0.4, 0.5) is 22.4 Å². The molecule has 1 aliphatic heterocycles. The Balaban J connectivity index is 1.11. The molecule has 1 aliphatic rings. The zero-order valence-electron chi connectivity index (χ0n) is 33.3. The molecule has 0 radical (unpaired) electrons. The number of alkyl halides is 3. The molecule has 1 N–H and O–H groups in total. The van der Waals surface area contributed by atoms with Gasteiger partial charge in [0.1, 0.15) is 36.9 Å². The Morgan fingerprint density at radius 2 is 1.50 bits per heavy atom. The van der Waals surface area contributed by atoms with Crippen LogP contribution in [0.25, 0.3) is 11.1 Å². The van der Waals surface area contributed by atoms with Gasteiger partial charge in [-0.3, -0.25) is 19.5 Å².